The zero-order chi connectivity index (χ0) is 18.2. The van der Waals surface area contributed by atoms with E-state index in [9.17, 15) is 4.79 Å². The average molecular weight is 361 g/mol. The zero-order valence-electron chi connectivity index (χ0n) is 14.1. The molecule has 0 bridgehead atoms. The number of pyridine rings is 1. The molecule has 0 fully saturated rings. The van der Waals surface area contributed by atoms with Gasteiger partial charge in [0.05, 0.1) is 5.92 Å². The van der Waals surface area contributed by atoms with Crippen LogP contribution in [0.4, 0.5) is 0 Å². The summed E-state index contributed by atoms with van der Waals surface area (Å²) in [7, 11) is 0. The number of amides is 1. The van der Waals surface area contributed by atoms with E-state index in [1.807, 2.05) is 72.8 Å². The van der Waals surface area contributed by atoms with Gasteiger partial charge in [0.15, 0.2) is 5.11 Å². The molecular formula is C21H19N3OS. The Kier molecular flexibility index (Phi) is 6.06. The van der Waals surface area contributed by atoms with Crippen molar-refractivity contribution < 1.29 is 4.79 Å². The normalized spacial score (nSPS) is 10.3. The number of thiocarbonyl (C=S) groups is 1. The largest absolute Gasteiger partial charge is 0.358 e. The summed E-state index contributed by atoms with van der Waals surface area (Å²) in [6.45, 7) is 0.508. The van der Waals surface area contributed by atoms with Gasteiger partial charge in [-0.3, -0.25) is 9.78 Å². The fraction of sp³-hybridized carbons (Fsp3) is 0.0952. The van der Waals surface area contributed by atoms with Crippen molar-refractivity contribution in [3.63, 3.8) is 0 Å². The Balaban J connectivity index is 1.71. The molecule has 0 radical (unpaired) electrons. The van der Waals surface area contributed by atoms with Crippen LogP contribution in [0.3, 0.4) is 0 Å². The smallest absolute Gasteiger partial charge is 0.238 e. The summed E-state index contributed by atoms with van der Waals surface area (Å²) in [5, 5.41) is 6.16. The third-order valence-corrected chi connectivity index (χ3v) is 4.19. The van der Waals surface area contributed by atoms with E-state index in [0.29, 0.717) is 11.7 Å². The minimum atomic E-state index is -0.421. The third-order valence-electron chi connectivity index (χ3n) is 3.94. The van der Waals surface area contributed by atoms with Gasteiger partial charge < -0.3 is 10.6 Å². The Morgan fingerprint density at radius 1 is 0.923 bits per heavy atom. The number of nitrogens with one attached hydrogen (secondary N) is 2. The number of hydrogen-bond acceptors (Lipinski definition) is 3. The van der Waals surface area contributed by atoms with Crippen molar-refractivity contribution in [3.8, 4) is 0 Å². The Morgan fingerprint density at radius 3 is 2.08 bits per heavy atom. The zero-order valence-corrected chi connectivity index (χ0v) is 14.9. The van der Waals surface area contributed by atoms with Crippen molar-refractivity contribution in [2.45, 2.75) is 12.5 Å². The summed E-state index contributed by atoms with van der Waals surface area (Å²) in [4.78, 5) is 17.0. The number of carbonyl (C=O) groups is 1. The quantitative estimate of drug-likeness (QED) is 0.684. The maximum Gasteiger partial charge on any atom is 0.238 e. The minimum absolute atomic E-state index is 0.161. The number of aromatic nitrogens is 1. The number of benzene rings is 2. The summed E-state index contributed by atoms with van der Waals surface area (Å²) in [5.41, 5.74) is 2.84. The predicted molar refractivity (Wildman–Crippen MR) is 107 cm³/mol. The van der Waals surface area contributed by atoms with E-state index < -0.39 is 5.92 Å². The highest BCUT2D eigenvalue weighted by Crippen LogP contribution is 2.24. The van der Waals surface area contributed by atoms with Crippen LogP contribution >= 0.6 is 12.2 Å². The van der Waals surface area contributed by atoms with E-state index in [1.165, 1.54) is 0 Å². The minimum Gasteiger partial charge on any atom is -0.358 e. The van der Waals surface area contributed by atoms with E-state index in [2.05, 4.69) is 15.6 Å². The van der Waals surface area contributed by atoms with Gasteiger partial charge in [0.2, 0.25) is 5.91 Å². The number of hydrogen-bond donors (Lipinski definition) is 2. The number of nitrogens with zero attached hydrogens (tertiary/aromatic N) is 1. The molecule has 1 aromatic heterocycles. The van der Waals surface area contributed by atoms with Gasteiger partial charge in [0, 0.05) is 18.9 Å². The monoisotopic (exact) mass is 361 g/mol. The molecule has 130 valence electrons. The number of carbonyl (C=O) groups excluding carboxylic acids is 1. The molecule has 0 saturated heterocycles. The van der Waals surface area contributed by atoms with E-state index >= 15 is 0 Å². The maximum atomic E-state index is 12.9. The van der Waals surface area contributed by atoms with Crippen LogP contribution in [0.25, 0.3) is 0 Å². The summed E-state index contributed by atoms with van der Waals surface area (Å²) in [5.74, 6) is -0.582. The third kappa shape index (κ3) is 4.74. The molecule has 3 aromatic rings. The van der Waals surface area contributed by atoms with Gasteiger partial charge in [-0.15, -0.1) is 0 Å². The summed E-state index contributed by atoms with van der Waals surface area (Å²) >= 11 is 5.29. The molecule has 0 saturated carbocycles. The molecule has 26 heavy (non-hydrogen) atoms. The molecule has 5 heteroatoms. The average Bonchev–Trinajstić information content (AvgIpc) is 2.69. The second-order valence-electron chi connectivity index (χ2n) is 5.79. The highest BCUT2D eigenvalue weighted by Gasteiger charge is 2.23. The molecule has 1 amide bonds. The summed E-state index contributed by atoms with van der Waals surface area (Å²) in [6, 6.07) is 23.2. The first-order valence-electron chi connectivity index (χ1n) is 8.31. The molecule has 0 spiro atoms. The van der Waals surface area contributed by atoms with Crippen molar-refractivity contribution in [1.29, 1.82) is 0 Å². The summed E-state index contributed by atoms with van der Waals surface area (Å²) in [6.07, 6.45) is 3.47. The Labute approximate surface area is 158 Å². The molecule has 0 atom stereocenters. The maximum absolute atomic E-state index is 12.9. The van der Waals surface area contributed by atoms with Gasteiger partial charge in [0.25, 0.3) is 0 Å². The first kappa shape index (κ1) is 17.8. The van der Waals surface area contributed by atoms with Crippen molar-refractivity contribution in [2.75, 3.05) is 0 Å². The second-order valence-corrected chi connectivity index (χ2v) is 6.20. The highest BCUT2D eigenvalue weighted by atomic mass is 32.1. The van der Waals surface area contributed by atoms with Crippen LogP contribution < -0.4 is 10.6 Å². The lowest BCUT2D eigenvalue weighted by Crippen LogP contribution is -2.41. The summed E-state index contributed by atoms with van der Waals surface area (Å²) < 4.78 is 0. The van der Waals surface area contributed by atoms with Crippen LogP contribution in [0.15, 0.2) is 85.2 Å². The second kappa shape index (κ2) is 8.87. The predicted octanol–water partition coefficient (Wildman–Crippen LogP) is 3.40. The van der Waals surface area contributed by atoms with E-state index in [1.54, 1.807) is 12.4 Å². The first-order chi connectivity index (χ1) is 12.7. The molecule has 0 unspecified atom stereocenters. The van der Waals surface area contributed by atoms with Gasteiger partial charge in [-0.2, -0.15) is 0 Å². The lowest BCUT2D eigenvalue weighted by molar-refractivity contribution is -0.120. The van der Waals surface area contributed by atoms with Gasteiger partial charge >= 0.3 is 0 Å². The molecule has 1 heterocycles. The van der Waals surface area contributed by atoms with Crippen molar-refractivity contribution in [2.24, 2.45) is 0 Å². The van der Waals surface area contributed by atoms with Gasteiger partial charge in [-0.1, -0.05) is 66.7 Å². The van der Waals surface area contributed by atoms with Crippen LogP contribution in [0.1, 0.15) is 22.6 Å². The van der Waals surface area contributed by atoms with Gasteiger partial charge in [0.1, 0.15) is 0 Å². The molecule has 2 N–H and O–H groups in total. The topological polar surface area (TPSA) is 54.0 Å². The molecule has 0 aliphatic carbocycles. The van der Waals surface area contributed by atoms with Crippen molar-refractivity contribution in [3.05, 3.63) is 102 Å². The van der Waals surface area contributed by atoms with E-state index in [-0.39, 0.29) is 5.91 Å². The molecule has 0 aliphatic rings. The lowest BCUT2D eigenvalue weighted by Gasteiger charge is -2.18. The van der Waals surface area contributed by atoms with E-state index in [4.69, 9.17) is 12.2 Å². The fourth-order valence-corrected chi connectivity index (χ4v) is 2.87. The van der Waals surface area contributed by atoms with Crippen molar-refractivity contribution in [1.82, 2.24) is 15.6 Å². The molecule has 4 nitrogen and oxygen atoms in total. The number of rotatable bonds is 5. The molecular weight excluding hydrogens is 342 g/mol. The van der Waals surface area contributed by atoms with Crippen LogP contribution in [0, 0.1) is 0 Å². The van der Waals surface area contributed by atoms with Crippen molar-refractivity contribution >= 4 is 23.2 Å². The van der Waals surface area contributed by atoms with Gasteiger partial charge in [-0.25, -0.2) is 0 Å². The van der Waals surface area contributed by atoms with Crippen LogP contribution in [0.5, 0.6) is 0 Å². The SMILES string of the molecule is O=C(NC(=S)NCc1cccnc1)C(c1ccccc1)c1ccccc1. The highest BCUT2D eigenvalue weighted by molar-refractivity contribution is 7.80. The van der Waals surface area contributed by atoms with Crippen LogP contribution in [0.2, 0.25) is 0 Å². The molecule has 0 aliphatic heterocycles. The van der Waals surface area contributed by atoms with Crippen LogP contribution in [-0.2, 0) is 11.3 Å². The van der Waals surface area contributed by atoms with E-state index in [0.717, 1.165) is 16.7 Å². The lowest BCUT2D eigenvalue weighted by atomic mass is 9.90. The molecule has 3 rings (SSSR count). The first-order valence-corrected chi connectivity index (χ1v) is 8.72. The Hall–Kier alpha value is -3.05. The van der Waals surface area contributed by atoms with Crippen LogP contribution in [-0.4, -0.2) is 16.0 Å². The molecule has 2 aromatic carbocycles. The van der Waals surface area contributed by atoms with Gasteiger partial charge in [-0.05, 0) is 35.0 Å². The Morgan fingerprint density at radius 2 is 1.54 bits per heavy atom. The fourth-order valence-electron chi connectivity index (χ4n) is 2.70. The Bertz CT molecular complexity index is 815. The standard InChI is InChI=1S/C21H19N3OS/c25-20(24-21(26)23-15-16-8-7-13-22-14-16)19(17-9-3-1-4-10-17)18-11-5-2-6-12-18/h1-14,19H,15H2,(H2,23,24,25,26).